The Morgan fingerprint density at radius 2 is 2.17 bits per heavy atom. The molecule has 3 heteroatoms. The molecule has 0 bridgehead atoms. The minimum absolute atomic E-state index is 0.00884. The molecule has 2 N–H and O–H groups in total. The highest BCUT2D eigenvalue weighted by molar-refractivity contribution is 5.88. The highest BCUT2D eigenvalue weighted by atomic mass is 16.3. The first-order valence-corrected chi connectivity index (χ1v) is 4.41. The molecule has 12 heavy (non-hydrogen) atoms. The number of carbonyl (C=O) groups excluding carboxylic acids is 1. The van der Waals surface area contributed by atoms with Crippen molar-refractivity contribution < 1.29 is 9.90 Å². The summed E-state index contributed by atoms with van der Waals surface area (Å²) >= 11 is 0. The van der Waals surface area contributed by atoms with Gasteiger partial charge in [0.15, 0.2) is 0 Å². The molecule has 3 nitrogen and oxygen atoms in total. The van der Waals surface area contributed by atoms with E-state index in [0.717, 1.165) is 12.8 Å². The van der Waals surface area contributed by atoms with Gasteiger partial charge in [-0.15, -0.1) is 0 Å². The van der Waals surface area contributed by atoms with E-state index in [2.05, 4.69) is 5.32 Å². The van der Waals surface area contributed by atoms with E-state index in [1.807, 2.05) is 0 Å². The standard InChI is InChI=1S/C9H15NO2/c11-6-5-10-9(12)7-8-3-1-2-4-8/h7,11H,1-6H2,(H,10,12). The minimum atomic E-state index is -0.0686. The maximum atomic E-state index is 11.1. The molecule has 0 atom stereocenters. The molecule has 0 radical (unpaired) electrons. The summed E-state index contributed by atoms with van der Waals surface area (Å²) in [6.07, 6.45) is 6.21. The van der Waals surface area contributed by atoms with Gasteiger partial charge >= 0.3 is 0 Å². The smallest absolute Gasteiger partial charge is 0.244 e. The normalized spacial score (nSPS) is 16.2. The molecule has 1 saturated carbocycles. The maximum Gasteiger partial charge on any atom is 0.244 e. The zero-order chi connectivity index (χ0) is 8.81. The van der Waals surface area contributed by atoms with Crippen LogP contribution in [0.25, 0.3) is 0 Å². The molecule has 1 amide bonds. The zero-order valence-corrected chi connectivity index (χ0v) is 7.18. The Hall–Kier alpha value is -0.830. The van der Waals surface area contributed by atoms with Crippen molar-refractivity contribution in [3.63, 3.8) is 0 Å². The molecule has 0 unspecified atom stereocenters. The average molecular weight is 169 g/mol. The molecule has 68 valence electrons. The average Bonchev–Trinajstić information content (AvgIpc) is 2.53. The molecule has 1 aliphatic carbocycles. The van der Waals surface area contributed by atoms with E-state index in [-0.39, 0.29) is 12.5 Å². The lowest BCUT2D eigenvalue weighted by atomic mass is 10.2. The lowest BCUT2D eigenvalue weighted by Gasteiger charge is -1.98. The molecule has 0 spiro atoms. The summed E-state index contributed by atoms with van der Waals surface area (Å²) in [6.45, 7) is 0.359. The van der Waals surface area contributed by atoms with E-state index in [0.29, 0.717) is 6.54 Å². The molecule has 0 aromatic heterocycles. The number of amides is 1. The fourth-order valence-corrected chi connectivity index (χ4v) is 1.39. The highest BCUT2D eigenvalue weighted by Crippen LogP contribution is 2.23. The Bertz CT molecular complexity index is 179. The lowest BCUT2D eigenvalue weighted by molar-refractivity contribution is -0.116. The van der Waals surface area contributed by atoms with Crippen molar-refractivity contribution in [2.75, 3.05) is 13.2 Å². The van der Waals surface area contributed by atoms with Crippen LogP contribution >= 0.6 is 0 Å². The Kier molecular flexibility index (Phi) is 3.80. The number of hydrogen-bond acceptors (Lipinski definition) is 2. The van der Waals surface area contributed by atoms with Crippen LogP contribution in [0.3, 0.4) is 0 Å². The fourth-order valence-electron chi connectivity index (χ4n) is 1.39. The number of aliphatic hydroxyl groups is 1. The molecular formula is C9H15NO2. The molecule has 0 aromatic rings. The quantitative estimate of drug-likeness (QED) is 0.608. The van der Waals surface area contributed by atoms with Gasteiger partial charge in [-0.25, -0.2) is 0 Å². The summed E-state index contributed by atoms with van der Waals surface area (Å²) < 4.78 is 0. The second-order valence-corrected chi connectivity index (χ2v) is 3.02. The number of allylic oxidation sites excluding steroid dienone is 1. The minimum Gasteiger partial charge on any atom is -0.395 e. The van der Waals surface area contributed by atoms with Gasteiger partial charge in [-0.3, -0.25) is 4.79 Å². The highest BCUT2D eigenvalue weighted by Gasteiger charge is 2.07. The molecule has 0 saturated heterocycles. The van der Waals surface area contributed by atoms with Gasteiger partial charge in [0.05, 0.1) is 6.61 Å². The molecule has 0 aliphatic heterocycles. The van der Waals surface area contributed by atoms with Gasteiger partial charge in [0, 0.05) is 12.6 Å². The monoisotopic (exact) mass is 169 g/mol. The van der Waals surface area contributed by atoms with Gasteiger partial charge in [-0.2, -0.15) is 0 Å². The Labute approximate surface area is 72.5 Å². The first-order valence-electron chi connectivity index (χ1n) is 4.41. The van der Waals surface area contributed by atoms with Gasteiger partial charge in [0.2, 0.25) is 5.91 Å². The van der Waals surface area contributed by atoms with Crippen LogP contribution in [0, 0.1) is 0 Å². The molecule has 0 heterocycles. The van der Waals surface area contributed by atoms with Crippen molar-refractivity contribution in [1.29, 1.82) is 0 Å². The van der Waals surface area contributed by atoms with Gasteiger partial charge in [0.1, 0.15) is 0 Å². The van der Waals surface area contributed by atoms with Crippen molar-refractivity contribution in [3.8, 4) is 0 Å². The topological polar surface area (TPSA) is 49.3 Å². The van der Waals surface area contributed by atoms with Crippen LogP contribution in [0.5, 0.6) is 0 Å². The van der Waals surface area contributed by atoms with Crippen LogP contribution in [0.1, 0.15) is 25.7 Å². The number of aliphatic hydroxyl groups excluding tert-OH is 1. The Morgan fingerprint density at radius 1 is 1.50 bits per heavy atom. The van der Waals surface area contributed by atoms with Gasteiger partial charge < -0.3 is 10.4 Å². The van der Waals surface area contributed by atoms with Crippen LogP contribution < -0.4 is 5.32 Å². The summed E-state index contributed by atoms with van der Waals surface area (Å²) in [4.78, 5) is 11.1. The van der Waals surface area contributed by atoms with Crippen LogP contribution in [-0.2, 0) is 4.79 Å². The summed E-state index contributed by atoms with van der Waals surface area (Å²) in [7, 11) is 0. The lowest BCUT2D eigenvalue weighted by Crippen LogP contribution is -2.24. The first-order chi connectivity index (χ1) is 5.83. The van der Waals surface area contributed by atoms with E-state index < -0.39 is 0 Å². The van der Waals surface area contributed by atoms with Crippen molar-refractivity contribution >= 4 is 5.91 Å². The van der Waals surface area contributed by atoms with Crippen molar-refractivity contribution in [1.82, 2.24) is 5.32 Å². The molecule has 1 aliphatic rings. The van der Waals surface area contributed by atoms with Gasteiger partial charge in [-0.05, 0) is 25.7 Å². The first kappa shape index (κ1) is 9.26. The Balaban J connectivity index is 2.28. The molecular weight excluding hydrogens is 154 g/mol. The summed E-state index contributed by atoms with van der Waals surface area (Å²) in [5.41, 5.74) is 1.24. The number of rotatable bonds is 3. The number of nitrogens with one attached hydrogen (secondary N) is 1. The third-order valence-electron chi connectivity index (χ3n) is 1.99. The van der Waals surface area contributed by atoms with Crippen LogP contribution in [0.15, 0.2) is 11.6 Å². The number of hydrogen-bond donors (Lipinski definition) is 2. The van der Waals surface area contributed by atoms with E-state index in [1.165, 1.54) is 18.4 Å². The zero-order valence-electron chi connectivity index (χ0n) is 7.18. The second-order valence-electron chi connectivity index (χ2n) is 3.02. The molecule has 1 fully saturated rings. The van der Waals surface area contributed by atoms with Crippen LogP contribution in [0.2, 0.25) is 0 Å². The van der Waals surface area contributed by atoms with Crippen molar-refractivity contribution in [2.45, 2.75) is 25.7 Å². The predicted octanol–water partition coefficient (Wildman–Crippen LogP) is 0.595. The van der Waals surface area contributed by atoms with E-state index >= 15 is 0 Å². The maximum absolute atomic E-state index is 11.1. The second kappa shape index (κ2) is 4.93. The largest absolute Gasteiger partial charge is 0.395 e. The van der Waals surface area contributed by atoms with E-state index in [9.17, 15) is 4.79 Å². The summed E-state index contributed by atoms with van der Waals surface area (Å²) in [5.74, 6) is -0.0686. The Morgan fingerprint density at radius 3 is 2.75 bits per heavy atom. The van der Waals surface area contributed by atoms with Crippen LogP contribution in [-0.4, -0.2) is 24.2 Å². The summed E-state index contributed by atoms with van der Waals surface area (Å²) in [6, 6.07) is 0. The SMILES string of the molecule is O=C(C=C1CCCC1)NCCO. The van der Waals surface area contributed by atoms with Gasteiger partial charge in [0.25, 0.3) is 0 Å². The molecule has 1 rings (SSSR count). The van der Waals surface area contributed by atoms with E-state index in [4.69, 9.17) is 5.11 Å². The molecule has 0 aromatic carbocycles. The third kappa shape index (κ3) is 3.05. The van der Waals surface area contributed by atoms with E-state index in [1.54, 1.807) is 6.08 Å². The van der Waals surface area contributed by atoms with Gasteiger partial charge in [-0.1, -0.05) is 5.57 Å². The summed E-state index contributed by atoms with van der Waals surface area (Å²) in [5, 5.41) is 11.0. The fraction of sp³-hybridized carbons (Fsp3) is 0.667. The number of carbonyl (C=O) groups is 1. The predicted molar refractivity (Wildman–Crippen MR) is 46.6 cm³/mol. The third-order valence-corrected chi connectivity index (χ3v) is 1.99. The van der Waals surface area contributed by atoms with Crippen LogP contribution in [0.4, 0.5) is 0 Å². The van der Waals surface area contributed by atoms with Crippen molar-refractivity contribution in [2.24, 2.45) is 0 Å². The van der Waals surface area contributed by atoms with Crippen molar-refractivity contribution in [3.05, 3.63) is 11.6 Å².